The molecule has 2 aromatic heterocycles. The highest BCUT2D eigenvalue weighted by atomic mass is 15.2. The molecule has 1 aliphatic heterocycles. The average molecular weight is 1060 g/mol. The summed E-state index contributed by atoms with van der Waals surface area (Å²) in [5, 5.41) is 2.45. The van der Waals surface area contributed by atoms with Crippen molar-refractivity contribution in [2.45, 2.75) is 44.6 Å². The van der Waals surface area contributed by atoms with Crippen molar-refractivity contribution in [3.8, 4) is 84.4 Å². The molecule has 1 unspecified atom stereocenters. The first-order chi connectivity index (χ1) is 40.9. The monoisotopic (exact) mass is 1060 g/mol. The van der Waals surface area contributed by atoms with Crippen LogP contribution in [0.3, 0.4) is 0 Å². The summed E-state index contributed by atoms with van der Waals surface area (Å²) in [7, 11) is 0. The Morgan fingerprint density at radius 2 is 1.05 bits per heavy atom. The number of hydrogen-bond acceptors (Lipinski definition) is 4. The van der Waals surface area contributed by atoms with Crippen LogP contribution < -0.4 is 4.90 Å². The minimum Gasteiger partial charge on any atom is -0.332 e. The summed E-state index contributed by atoms with van der Waals surface area (Å²) in [6.07, 6.45) is 14.4. The molecule has 3 heterocycles. The molecular formula is C78H57N5. The van der Waals surface area contributed by atoms with Crippen LogP contribution in [-0.4, -0.2) is 25.6 Å². The molecular weight excluding hydrogens is 1010 g/mol. The molecule has 12 aromatic rings. The number of hydrogen-bond donors (Lipinski definition) is 0. The lowest BCUT2D eigenvalue weighted by atomic mass is 9.80. The summed E-state index contributed by atoms with van der Waals surface area (Å²) in [6, 6.07) is 86.0. The molecule has 0 N–H and O–H groups in total. The molecule has 394 valence electrons. The Bertz CT molecular complexity index is 4720. The third kappa shape index (κ3) is 7.94. The van der Waals surface area contributed by atoms with E-state index >= 15 is 0 Å². The van der Waals surface area contributed by atoms with Crippen LogP contribution >= 0.6 is 0 Å². The molecule has 5 nitrogen and oxygen atoms in total. The molecule has 1 atom stereocenters. The molecule has 3 aliphatic carbocycles. The van der Waals surface area contributed by atoms with E-state index in [9.17, 15) is 0 Å². The van der Waals surface area contributed by atoms with Gasteiger partial charge in [-0.1, -0.05) is 232 Å². The summed E-state index contributed by atoms with van der Waals surface area (Å²) < 4.78 is 2.45. The smallest absolute Gasteiger partial charge is 0.166 e. The summed E-state index contributed by atoms with van der Waals surface area (Å²) in [4.78, 5) is 19.4. The van der Waals surface area contributed by atoms with Crippen LogP contribution in [0.5, 0.6) is 0 Å². The third-order valence-corrected chi connectivity index (χ3v) is 17.8. The maximum Gasteiger partial charge on any atom is 0.166 e. The van der Waals surface area contributed by atoms with Gasteiger partial charge < -0.3 is 9.47 Å². The van der Waals surface area contributed by atoms with Crippen LogP contribution in [0, 0.1) is 0 Å². The summed E-state index contributed by atoms with van der Waals surface area (Å²) in [5.74, 6) is 1.94. The second kappa shape index (κ2) is 19.5. The molecule has 0 saturated carbocycles. The molecule has 0 bridgehead atoms. The molecule has 4 aliphatic rings. The van der Waals surface area contributed by atoms with E-state index in [4.69, 9.17) is 15.0 Å². The van der Waals surface area contributed by atoms with Crippen molar-refractivity contribution in [1.82, 2.24) is 19.5 Å². The van der Waals surface area contributed by atoms with Crippen LogP contribution in [0.25, 0.3) is 117 Å². The number of benzene rings is 10. The Morgan fingerprint density at radius 1 is 0.446 bits per heavy atom. The van der Waals surface area contributed by atoms with E-state index in [-0.39, 0.29) is 11.5 Å². The van der Waals surface area contributed by atoms with E-state index in [2.05, 4.69) is 290 Å². The van der Waals surface area contributed by atoms with Crippen molar-refractivity contribution in [2.75, 3.05) is 4.90 Å². The lowest BCUT2D eigenvalue weighted by Crippen LogP contribution is -2.27. The van der Waals surface area contributed by atoms with Crippen molar-refractivity contribution in [2.24, 2.45) is 0 Å². The Morgan fingerprint density at radius 3 is 1.81 bits per heavy atom. The molecule has 0 radical (unpaired) electrons. The van der Waals surface area contributed by atoms with Gasteiger partial charge in [0.05, 0.1) is 22.8 Å². The molecule has 16 rings (SSSR count). The number of allylic oxidation sites excluding steroid dienone is 6. The normalized spacial score (nSPS) is 15.6. The number of para-hydroxylation sites is 1. The molecule has 5 heteroatoms. The van der Waals surface area contributed by atoms with Gasteiger partial charge in [0, 0.05) is 49.8 Å². The topological polar surface area (TPSA) is 46.8 Å². The van der Waals surface area contributed by atoms with E-state index in [1.807, 2.05) is 0 Å². The van der Waals surface area contributed by atoms with Gasteiger partial charge in [-0.05, 0) is 140 Å². The minimum atomic E-state index is -0.154. The summed E-state index contributed by atoms with van der Waals surface area (Å²) in [6.45, 7) is 4.72. The van der Waals surface area contributed by atoms with E-state index < -0.39 is 0 Å². The SMILES string of the molecule is CC1(C)C2=C(CCC=C2)c2c(-c3nc(-c4cccc(-c5ccccc5)c4)nc(-c4ccc(-c5ccccc5)cc4N4c5cccc(-c6cccc7c6c6ccc(-c8ccccc8)cc6n7-c6ccccc6)c5C5=CC=CCC54)n3)cccc21. The van der Waals surface area contributed by atoms with Gasteiger partial charge in [0.25, 0.3) is 0 Å². The van der Waals surface area contributed by atoms with Gasteiger partial charge in [0.2, 0.25) is 0 Å². The van der Waals surface area contributed by atoms with Gasteiger partial charge in [-0.25, -0.2) is 15.0 Å². The van der Waals surface area contributed by atoms with Gasteiger partial charge in [-0.2, -0.15) is 0 Å². The lowest BCUT2D eigenvalue weighted by Gasteiger charge is -2.30. The first-order valence-corrected chi connectivity index (χ1v) is 29.1. The van der Waals surface area contributed by atoms with Gasteiger partial charge >= 0.3 is 0 Å². The van der Waals surface area contributed by atoms with Crippen LogP contribution in [0.15, 0.2) is 273 Å². The zero-order chi connectivity index (χ0) is 55.2. The van der Waals surface area contributed by atoms with Crippen molar-refractivity contribution in [3.63, 3.8) is 0 Å². The molecule has 10 aromatic carbocycles. The number of rotatable bonds is 9. The van der Waals surface area contributed by atoms with Crippen LogP contribution in [0.2, 0.25) is 0 Å². The number of aromatic nitrogens is 4. The molecule has 0 amide bonds. The van der Waals surface area contributed by atoms with Gasteiger partial charge in [-0.3, -0.25) is 0 Å². The fourth-order valence-electron chi connectivity index (χ4n) is 14.0. The average Bonchev–Trinajstić information content (AvgIpc) is 2.10. The van der Waals surface area contributed by atoms with Crippen molar-refractivity contribution in [3.05, 3.63) is 289 Å². The highest BCUT2D eigenvalue weighted by Gasteiger charge is 2.41. The first-order valence-electron chi connectivity index (χ1n) is 29.1. The van der Waals surface area contributed by atoms with E-state index in [0.29, 0.717) is 17.5 Å². The third-order valence-electron chi connectivity index (χ3n) is 17.8. The highest BCUT2D eigenvalue weighted by molar-refractivity contribution is 6.18. The maximum atomic E-state index is 5.70. The van der Waals surface area contributed by atoms with Gasteiger partial charge in [0.1, 0.15) is 0 Å². The number of fused-ring (bicyclic) bond motifs is 8. The van der Waals surface area contributed by atoms with E-state index in [1.54, 1.807) is 0 Å². The number of anilines is 2. The molecule has 0 spiro atoms. The lowest BCUT2D eigenvalue weighted by molar-refractivity contribution is 0.651. The van der Waals surface area contributed by atoms with E-state index in [0.717, 1.165) is 75.3 Å². The summed E-state index contributed by atoms with van der Waals surface area (Å²) in [5.41, 5.74) is 25.7. The Hall–Kier alpha value is -10.2. The van der Waals surface area contributed by atoms with Crippen LogP contribution in [0.1, 0.15) is 49.8 Å². The van der Waals surface area contributed by atoms with Gasteiger partial charge in [0.15, 0.2) is 17.5 Å². The van der Waals surface area contributed by atoms with Crippen molar-refractivity contribution >= 4 is 44.3 Å². The zero-order valence-corrected chi connectivity index (χ0v) is 46.3. The highest BCUT2D eigenvalue weighted by Crippen LogP contribution is 2.56. The molecule has 0 fully saturated rings. The Kier molecular flexibility index (Phi) is 11.4. The van der Waals surface area contributed by atoms with Crippen LogP contribution in [0.4, 0.5) is 11.4 Å². The Balaban J connectivity index is 0.929. The summed E-state index contributed by atoms with van der Waals surface area (Å²) >= 11 is 0. The standard InChI is InChI=1S/C78H57N5/c1-78(2)65-38-17-15-33-60(65)72-64(37-20-39-66(72)78)77-80-75(56-30-19-29-53(47-56)50-23-7-3-8-24-50)79-76(81-77)63-46-44-55(52-27-11-5-12-28-52)49-71(63)83-67-40-18-16-34-61(67)73-58(36-22-42-69(73)83)59-35-21-41-68-74(59)62-45-43-54(51-25-9-4-10-26-51)48-70(62)82(68)57-31-13-6-14-32-57/h3-14,16-32,34-39,41-49,67H,15,33,40H2,1-2H3. The molecule has 83 heavy (non-hydrogen) atoms. The van der Waals surface area contributed by atoms with Crippen LogP contribution in [-0.2, 0) is 5.41 Å². The predicted octanol–water partition coefficient (Wildman–Crippen LogP) is 19.9. The second-order valence-electron chi connectivity index (χ2n) is 22.9. The zero-order valence-electron chi connectivity index (χ0n) is 46.3. The van der Waals surface area contributed by atoms with Gasteiger partial charge in [-0.15, -0.1) is 0 Å². The minimum absolute atomic E-state index is 0.00751. The van der Waals surface area contributed by atoms with Crippen molar-refractivity contribution < 1.29 is 0 Å². The van der Waals surface area contributed by atoms with E-state index in [1.165, 1.54) is 77.5 Å². The quantitative estimate of drug-likeness (QED) is 0.145. The predicted molar refractivity (Wildman–Crippen MR) is 345 cm³/mol. The first kappa shape index (κ1) is 48.7. The Labute approximate surface area is 484 Å². The number of nitrogens with zero attached hydrogens (tertiary/aromatic N) is 5. The largest absolute Gasteiger partial charge is 0.332 e. The van der Waals surface area contributed by atoms with Crippen molar-refractivity contribution in [1.29, 1.82) is 0 Å². The fourth-order valence-corrected chi connectivity index (χ4v) is 14.0. The maximum absolute atomic E-state index is 5.70. The molecule has 0 saturated heterocycles. The second-order valence-corrected chi connectivity index (χ2v) is 22.9. The fraction of sp³-hybridized carbons (Fsp3) is 0.0897.